The summed E-state index contributed by atoms with van der Waals surface area (Å²) in [7, 11) is 0. The minimum absolute atomic E-state index is 0.897. The lowest BCUT2D eigenvalue weighted by molar-refractivity contribution is 0.669. The van der Waals surface area contributed by atoms with Crippen molar-refractivity contribution < 1.29 is 4.42 Å². The van der Waals surface area contributed by atoms with Crippen molar-refractivity contribution in [2.24, 2.45) is 0 Å². The molecule has 0 aliphatic carbocycles. The fourth-order valence-corrected chi connectivity index (χ4v) is 8.52. The summed E-state index contributed by atoms with van der Waals surface area (Å²) in [4.78, 5) is 0. The van der Waals surface area contributed by atoms with Gasteiger partial charge in [-0.3, -0.25) is 0 Å². The molecule has 1 nitrogen and oxygen atoms in total. The third-order valence-electron chi connectivity index (χ3n) is 10.1. The van der Waals surface area contributed by atoms with Gasteiger partial charge < -0.3 is 4.42 Å². The first-order chi connectivity index (χ1) is 25.2. The Bertz CT molecular complexity index is 2670. The van der Waals surface area contributed by atoms with Crippen LogP contribution in [0, 0.1) is 0 Å². The molecule has 0 aliphatic rings. The zero-order valence-corrected chi connectivity index (χ0v) is 28.7. The highest BCUT2D eigenvalue weighted by atomic mass is 32.1. The fourth-order valence-electron chi connectivity index (χ4n) is 7.43. The van der Waals surface area contributed by atoms with Gasteiger partial charge in [-0.05, 0) is 111 Å². The Morgan fingerprint density at radius 3 is 1.45 bits per heavy atom. The number of fused-ring (bicyclic) bond motifs is 6. The number of thiophene rings is 1. The van der Waals surface area contributed by atoms with Crippen LogP contribution in [0.2, 0.25) is 0 Å². The molecule has 8 aromatic carbocycles. The van der Waals surface area contributed by atoms with Gasteiger partial charge in [0.2, 0.25) is 0 Å². The first-order valence-corrected chi connectivity index (χ1v) is 18.3. The Labute approximate surface area is 300 Å². The largest absolute Gasteiger partial charge is 0.456 e. The minimum Gasteiger partial charge on any atom is -0.456 e. The van der Waals surface area contributed by atoms with E-state index < -0.39 is 0 Å². The van der Waals surface area contributed by atoms with Crippen molar-refractivity contribution in [3.05, 3.63) is 193 Å². The highest BCUT2D eigenvalue weighted by Crippen LogP contribution is 2.37. The molecule has 0 fully saturated rings. The fraction of sp³-hybridized carbons (Fsp3) is 0.0204. The van der Waals surface area contributed by atoms with E-state index in [1.165, 1.54) is 75.8 Å². The Hall–Kier alpha value is -6.22. The number of hydrogen-bond acceptors (Lipinski definition) is 2. The van der Waals surface area contributed by atoms with Gasteiger partial charge >= 0.3 is 0 Å². The van der Waals surface area contributed by atoms with Crippen LogP contribution in [0.1, 0.15) is 11.1 Å². The van der Waals surface area contributed by atoms with E-state index in [1.54, 1.807) is 0 Å². The van der Waals surface area contributed by atoms with Crippen LogP contribution in [0.15, 0.2) is 186 Å². The summed E-state index contributed by atoms with van der Waals surface area (Å²) in [5.41, 5.74) is 14.3. The number of furan rings is 1. The number of benzene rings is 8. The molecule has 0 spiro atoms. The molecule has 0 atom stereocenters. The van der Waals surface area contributed by atoms with E-state index in [2.05, 4.69) is 170 Å². The second-order valence-electron chi connectivity index (χ2n) is 13.4. The van der Waals surface area contributed by atoms with Crippen LogP contribution >= 0.6 is 11.3 Å². The first kappa shape index (κ1) is 29.7. The normalized spacial score (nSPS) is 11.6. The molecule has 10 rings (SSSR count). The van der Waals surface area contributed by atoms with Crippen molar-refractivity contribution in [3.8, 4) is 44.5 Å². The van der Waals surface area contributed by atoms with Crippen LogP contribution in [-0.2, 0) is 6.42 Å². The molecule has 0 amide bonds. The second kappa shape index (κ2) is 12.3. The molecule has 10 aromatic rings. The van der Waals surface area contributed by atoms with Gasteiger partial charge in [0.15, 0.2) is 0 Å². The summed E-state index contributed by atoms with van der Waals surface area (Å²) < 4.78 is 8.73. The van der Waals surface area contributed by atoms with E-state index in [9.17, 15) is 0 Å². The monoisotopic (exact) mass is 668 g/mol. The minimum atomic E-state index is 0.897. The topological polar surface area (TPSA) is 13.1 Å². The van der Waals surface area contributed by atoms with Gasteiger partial charge in [-0.1, -0.05) is 133 Å². The maximum atomic E-state index is 6.05. The summed E-state index contributed by atoms with van der Waals surface area (Å²) >= 11 is 1.86. The molecular formula is C49H32OS. The molecule has 0 unspecified atom stereocenters. The van der Waals surface area contributed by atoms with Crippen molar-refractivity contribution in [3.63, 3.8) is 0 Å². The second-order valence-corrected chi connectivity index (χ2v) is 14.4. The van der Waals surface area contributed by atoms with E-state index in [0.29, 0.717) is 0 Å². The zero-order chi connectivity index (χ0) is 33.7. The zero-order valence-electron chi connectivity index (χ0n) is 27.8. The first-order valence-electron chi connectivity index (χ1n) is 17.4. The van der Waals surface area contributed by atoms with E-state index in [4.69, 9.17) is 4.42 Å². The van der Waals surface area contributed by atoms with Crippen LogP contribution in [-0.4, -0.2) is 0 Å². The molecule has 51 heavy (non-hydrogen) atoms. The van der Waals surface area contributed by atoms with Crippen molar-refractivity contribution in [2.45, 2.75) is 6.42 Å². The van der Waals surface area contributed by atoms with Gasteiger partial charge in [0.25, 0.3) is 0 Å². The maximum absolute atomic E-state index is 6.05. The number of rotatable bonds is 6. The van der Waals surface area contributed by atoms with Crippen LogP contribution in [0.4, 0.5) is 0 Å². The smallest absolute Gasteiger partial charge is 0.135 e. The molecule has 2 heterocycles. The van der Waals surface area contributed by atoms with Gasteiger partial charge in [-0.25, -0.2) is 0 Å². The molecule has 0 aliphatic heterocycles. The summed E-state index contributed by atoms with van der Waals surface area (Å²) in [6.45, 7) is 0. The van der Waals surface area contributed by atoms with Crippen LogP contribution in [0.5, 0.6) is 0 Å². The lowest BCUT2D eigenvalue weighted by Gasteiger charge is -2.09. The standard InChI is InChI=1S/C49H32OS/c1-3-13-46-42(11-1)44-30-40(23-25-47(44)50-46)38-9-5-7-36(28-38)34-19-15-32(16-20-34)27-33-17-21-35(22-18-33)37-8-6-10-39(29-37)41-24-26-49-45(31-41)43-12-2-4-14-48(43)51-49/h1-26,28-31H,27H2. The van der Waals surface area contributed by atoms with E-state index in [0.717, 1.165) is 28.4 Å². The quantitative estimate of drug-likeness (QED) is 0.172. The molecule has 0 saturated heterocycles. The SMILES string of the molecule is c1cc(-c2ccc(Cc3ccc(-c4cccc(-c5ccc6sc7ccccc7c6c5)c4)cc3)cc2)cc(-c2ccc3oc4ccccc4c3c2)c1. The van der Waals surface area contributed by atoms with Crippen molar-refractivity contribution >= 4 is 53.4 Å². The molecule has 0 bridgehead atoms. The van der Waals surface area contributed by atoms with Gasteiger partial charge in [0.1, 0.15) is 11.2 Å². The van der Waals surface area contributed by atoms with E-state index in [-0.39, 0.29) is 0 Å². The van der Waals surface area contributed by atoms with Crippen LogP contribution in [0.25, 0.3) is 86.6 Å². The van der Waals surface area contributed by atoms with Gasteiger partial charge in [0, 0.05) is 30.9 Å². The highest BCUT2D eigenvalue weighted by Gasteiger charge is 2.11. The van der Waals surface area contributed by atoms with Gasteiger partial charge in [-0.15, -0.1) is 11.3 Å². The molecule has 0 N–H and O–H groups in total. The predicted molar refractivity (Wildman–Crippen MR) is 218 cm³/mol. The Morgan fingerprint density at radius 1 is 0.314 bits per heavy atom. The van der Waals surface area contributed by atoms with E-state index >= 15 is 0 Å². The lowest BCUT2D eigenvalue weighted by Crippen LogP contribution is -1.89. The Balaban J connectivity index is 0.858. The predicted octanol–water partition coefficient (Wildman–Crippen LogP) is 14.2. The average molecular weight is 669 g/mol. The van der Waals surface area contributed by atoms with Gasteiger partial charge in [-0.2, -0.15) is 0 Å². The molecule has 2 heteroatoms. The molecule has 0 saturated carbocycles. The van der Waals surface area contributed by atoms with E-state index in [1.807, 2.05) is 23.5 Å². The highest BCUT2D eigenvalue weighted by molar-refractivity contribution is 7.25. The maximum Gasteiger partial charge on any atom is 0.135 e. The molecule has 0 radical (unpaired) electrons. The number of para-hydroxylation sites is 1. The van der Waals surface area contributed by atoms with Crippen LogP contribution < -0.4 is 0 Å². The Kier molecular flexibility index (Phi) is 7.14. The summed E-state index contributed by atoms with van der Waals surface area (Å²) in [5.74, 6) is 0. The van der Waals surface area contributed by atoms with Gasteiger partial charge in [0.05, 0.1) is 0 Å². The summed E-state index contributed by atoms with van der Waals surface area (Å²) in [6, 6.07) is 66.1. The van der Waals surface area contributed by atoms with Crippen molar-refractivity contribution in [1.29, 1.82) is 0 Å². The number of hydrogen-bond donors (Lipinski definition) is 0. The summed E-state index contributed by atoms with van der Waals surface area (Å²) in [5, 5.41) is 4.98. The third kappa shape index (κ3) is 5.51. The average Bonchev–Trinajstić information content (AvgIpc) is 3.76. The molecule has 2 aromatic heterocycles. The molecular weight excluding hydrogens is 637 g/mol. The van der Waals surface area contributed by atoms with Crippen molar-refractivity contribution in [2.75, 3.05) is 0 Å². The van der Waals surface area contributed by atoms with Crippen LogP contribution in [0.3, 0.4) is 0 Å². The lowest BCUT2D eigenvalue weighted by atomic mass is 9.95. The van der Waals surface area contributed by atoms with Crippen molar-refractivity contribution in [1.82, 2.24) is 0 Å². The third-order valence-corrected chi connectivity index (χ3v) is 11.3. The Morgan fingerprint density at radius 2 is 0.784 bits per heavy atom. The molecule has 240 valence electrons. The summed E-state index contributed by atoms with van der Waals surface area (Å²) in [6.07, 6.45) is 0.897.